The van der Waals surface area contributed by atoms with Gasteiger partial charge >= 0.3 is 0 Å². The van der Waals surface area contributed by atoms with Crippen molar-refractivity contribution < 1.29 is 19.4 Å². The minimum absolute atomic E-state index is 0.0190. The van der Waals surface area contributed by atoms with Gasteiger partial charge in [-0.2, -0.15) is 0 Å². The van der Waals surface area contributed by atoms with E-state index in [4.69, 9.17) is 9.47 Å². The molecule has 24 heavy (non-hydrogen) atoms. The number of carbonyl (C=O) groups excluding carboxylic acids is 1. The van der Waals surface area contributed by atoms with Crippen molar-refractivity contribution in [3.05, 3.63) is 23.8 Å². The molecular formula is C18H28N2O4. The van der Waals surface area contributed by atoms with Crippen LogP contribution in [-0.2, 0) is 4.79 Å². The van der Waals surface area contributed by atoms with Gasteiger partial charge in [-0.15, -0.1) is 0 Å². The highest BCUT2D eigenvalue weighted by Crippen LogP contribution is 2.29. The summed E-state index contributed by atoms with van der Waals surface area (Å²) >= 11 is 0. The van der Waals surface area contributed by atoms with Crippen molar-refractivity contribution >= 4 is 5.91 Å². The third-order valence-electron chi connectivity index (χ3n) is 4.53. The van der Waals surface area contributed by atoms with Crippen LogP contribution in [0.4, 0.5) is 0 Å². The van der Waals surface area contributed by atoms with Crippen LogP contribution in [0, 0.1) is 5.92 Å². The van der Waals surface area contributed by atoms with Gasteiger partial charge in [-0.1, -0.05) is 0 Å². The number of nitrogens with one attached hydrogen (secondary N) is 2. The Morgan fingerprint density at radius 1 is 1.33 bits per heavy atom. The fourth-order valence-electron chi connectivity index (χ4n) is 3.01. The molecular weight excluding hydrogens is 308 g/mol. The van der Waals surface area contributed by atoms with Gasteiger partial charge in [-0.25, -0.2) is 0 Å². The summed E-state index contributed by atoms with van der Waals surface area (Å²) in [4.78, 5) is 12.0. The van der Waals surface area contributed by atoms with Gasteiger partial charge in [0.15, 0.2) is 0 Å². The van der Waals surface area contributed by atoms with E-state index in [0.717, 1.165) is 32.4 Å². The molecule has 1 fully saturated rings. The van der Waals surface area contributed by atoms with Crippen LogP contribution in [0.3, 0.4) is 0 Å². The zero-order valence-electron chi connectivity index (χ0n) is 14.5. The van der Waals surface area contributed by atoms with Crippen LogP contribution in [0.5, 0.6) is 11.5 Å². The summed E-state index contributed by atoms with van der Waals surface area (Å²) in [6, 6.07) is 5.24. The minimum Gasteiger partial charge on any atom is -0.497 e. The van der Waals surface area contributed by atoms with Gasteiger partial charge in [-0.05, 0) is 56.5 Å². The number of rotatable bonds is 8. The molecule has 1 saturated heterocycles. The Bertz CT molecular complexity index is 530. The minimum atomic E-state index is -0.835. The quantitative estimate of drug-likeness (QED) is 0.672. The number of aliphatic hydroxyl groups is 1. The third-order valence-corrected chi connectivity index (χ3v) is 4.53. The molecule has 2 rings (SSSR count). The number of ether oxygens (including phenoxy) is 2. The van der Waals surface area contributed by atoms with Gasteiger partial charge in [0.25, 0.3) is 0 Å². The molecule has 1 aromatic carbocycles. The van der Waals surface area contributed by atoms with Gasteiger partial charge in [-0.3, -0.25) is 4.79 Å². The first kappa shape index (κ1) is 18.5. The van der Waals surface area contributed by atoms with Crippen molar-refractivity contribution in [2.75, 3.05) is 33.9 Å². The maximum atomic E-state index is 12.0. The molecule has 0 radical (unpaired) electrons. The zero-order chi connectivity index (χ0) is 17.4. The van der Waals surface area contributed by atoms with E-state index in [0.29, 0.717) is 29.4 Å². The largest absolute Gasteiger partial charge is 0.497 e. The van der Waals surface area contributed by atoms with E-state index in [1.54, 1.807) is 32.4 Å². The molecule has 0 aliphatic carbocycles. The van der Waals surface area contributed by atoms with Gasteiger partial charge in [0.1, 0.15) is 11.5 Å². The summed E-state index contributed by atoms with van der Waals surface area (Å²) in [5.41, 5.74) is 0.607. The van der Waals surface area contributed by atoms with E-state index in [2.05, 4.69) is 10.6 Å². The number of piperidine rings is 1. The highest BCUT2D eigenvalue weighted by molar-refractivity contribution is 5.75. The molecule has 0 bridgehead atoms. The van der Waals surface area contributed by atoms with Crippen LogP contribution in [0.1, 0.15) is 37.4 Å². The SMILES string of the molecule is COc1ccc(OC)c(C(O)CNC(=O)CCC2CCNCC2)c1. The molecule has 0 spiro atoms. The fraction of sp³-hybridized carbons (Fsp3) is 0.611. The van der Waals surface area contributed by atoms with Crippen LogP contribution >= 0.6 is 0 Å². The summed E-state index contributed by atoms with van der Waals surface area (Å²) < 4.78 is 10.4. The Balaban J connectivity index is 1.81. The number of hydrogen-bond acceptors (Lipinski definition) is 5. The predicted molar refractivity (Wildman–Crippen MR) is 92.3 cm³/mol. The Hall–Kier alpha value is -1.79. The predicted octanol–water partition coefficient (Wildman–Crippen LogP) is 1.63. The summed E-state index contributed by atoms with van der Waals surface area (Å²) in [5.74, 6) is 1.82. The lowest BCUT2D eigenvalue weighted by Gasteiger charge is -2.22. The molecule has 1 atom stereocenters. The molecule has 1 amide bonds. The maximum Gasteiger partial charge on any atom is 0.220 e. The van der Waals surface area contributed by atoms with Crippen molar-refractivity contribution in [3.63, 3.8) is 0 Å². The molecule has 1 unspecified atom stereocenters. The van der Waals surface area contributed by atoms with Crippen molar-refractivity contribution in [2.24, 2.45) is 5.92 Å². The molecule has 6 heteroatoms. The van der Waals surface area contributed by atoms with Gasteiger partial charge < -0.3 is 25.2 Å². The summed E-state index contributed by atoms with van der Waals surface area (Å²) in [6.45, 7) is 2.25. The van der Waals surface area contributed by atoms with E-state index >= 15 is 0 Å². The molecule has 1 aliphatic heterocycles. The van der Waals surface area contributed by atoms with Gasteiger partial charge in [0, 0.05) is 18.5 Å². The summed E-state index contributed by atoms with van der Waals surface area (Å²) in [5, 5.41) is 16.5. The standard InChI is InChI=1S/C18H28N2O4/c1-23-14-4-5-17(24-2)15(11-14)16(21)12-20-18(22)6-3-13-7-9-19-10-8-13/h4-5,11,13,16,19,21H,3,6-10,12H2,1-2H3,(H,20,22). The first-order chi connectivity index (χ1) is 11.6. The summed E-state index contributed by atoms with van der Waals surface area (Å²) in [6.07, 6.45) is 2.85. The maximum absolute atomic E-state index is 12.0. The lowest BCUT2D eigenvalue weighted by molar-refractivity contribution is -0.121. The molecule has 6 nitrogen and oxygen atoms in total. The number of aliphatic hydroxyl groups excluding tert-OH is 1. The molecule has 0 saturated carbocycles. The van der Waals surface area contributed by atoms with E-state index in [1.165, 1.54) is 0 Å². The average Bonchev–Trinajstić information content (AvgIpc) is 2.64. The monoisotopic (exact) mass is 336 g/mol. The Morgan fingerprint density at radius 3 is 2.75 bits per heavy atom. The topological polar surface area (TPSA) is 79.8 Å². The number of hydrogen-bond donors (Lipinski definition) is 3. The van der Waals surface area contributed by atoms with Crippen LogP contribution in [0.15, 0.2) is 18.2 Å². The zero-order valence-corrected chi connectivity index (χ0v) is 14.5. The van der Waals surface area contributed by atoms with E-state index in [1.807, 2.05) is 0 Å². The Labute approximate surface area is 143 Å². The molecule has 1 aliphatic rings. The second-order valence-electron chi connectivity index (χ2n) is 6.16. The van der Waals surface area contributed by atoms with Crippen molar-refractivity contribution in [3.8, 4) is 11.5 Å². The highest BCUT2D eigenvalue weighted by atomic mass is 16.5. The van der Waals surface area contributed by atoms with E-state index in [-0.39, 0.29) is 12.5 Å². The molecule has 0 aromatic heterocycles. The fourth-order valence-corrected chi connectivity index (χ4v) is 3.01. The van der Waals surface area contributed by atoms with Crippen LogP contribution in [0.25, 0.3) is 0 Å². The molecule has 134 valence electrons. The second-order valence-corrected chi connectivity index (χ2v) is 6.16. The Morgan fingerprint density at radius 2 is 2.08 bits per heavy atom. The first-order valence-electron chi connectivity index (χ1n) is 8.51. The normalized spacial score (nSPS) is 16.5. The van der Waals surface area contributed by atoms with Crippen molar-refractivity contribution in [2.45, 2.75) is 31.8 Å². The molecule has 1 aromatic rings. The number of amides is 1. The van der Waals surface area contributed by atoms with Gasteiger partial charge in [0.05, 0.1) is 20.3 Å². The molecule has 3 N–H and O–H groups in total. The van der Waals surface area contributed by atoms with Crippen molar-refractivity contribution in [1.29, 1.82) is 0 Å². The molecule has 1 heterocycles. The van der Waals surface area contributed by atoms with Crippen LogP contribution < -0.4 is 20.1 Å². The Kier molecular flexibility index (Phi) is 7.34. The average molecular weight is 336 g/mol. The lowest BCUT2D eigenvalue weighted by atomic mass is 9.93. The third kappa shape index (κ3) is 5.39. The van der Waals surface area contributed by atoms with Crippen molar-refractivity contribution in [1.82, 2.24) is 10.6 Å². The van der Waals surface area contributed by atoms with Gasteiger partial charge in [0.2, 0.25) is 5.91 Å². The smallest absolute Gasteiger partial charge is 0.220 e. The first-order valence-corrected chi connectivity index (χ1v) is 8.51. The number of carbonyl (C=O) groups is 1. The summed E-state index contributed by atoms with van der Waals surface area (Å²) in [7, 11) is 3.12. The van der Waals surface area contributed by atoms with E-state index in [9.17, 15) is 9.90 Å². The number of benzene rings is 1. The van der Waals surface area contributed by atoms with Crippen LogP contribution in [-0.4, -0.2) is 44.9 Å². The lowest BCUT2D eigenvalue weighted by Crippen LogP contribution is -2.31. The number of methoxy groups -OCH3 is 2. The highest BCUT2D eigenvalue weighted by Gasteiger charge is 2.17. The second kappa shape index (κ2) is 9.49. The van der Waals surface area contributed by atoms with E-state index < -0.39 is 6.10 Å². The van der Waals surface area contributed by atoms with Crippen LogP contribution in [0.2, 0.25) is 0 Å².